The third kappa shape index (κ3) is 2.44. The van der Waals surface area contributed by atoms with E-state index in [1.165, 1.54) is 23.2 Å². The van der Waals surface area contributed by atoms with Crippen molar-refractivity contribution in [3.8, 4) is 0 Å². The lowest BCUT2D eigenvalue weighted by Gasteiger charge is -2.56. The molecule has 0 heterocycles. The lowest BCUT2D eigenvalue weighted by atomic mass is 9.49. The van der Waals surface area contributed by atoms with Gasteiger partial charge in [0.15, 0.2) is 0 Å². The average Bonchev–Trinajstić information content (AvgIpc) is 3.26. The van der Waals surface area contributed by atoms with Crippen molar-refractivity contribution in [1.82, 2.24) is 0 Å². The van der Waals surface area contributed by atoms with E-state index in [1.54, 1.807) is 19.3 Å². The molecule has 7 bridgehead atoms. The van der Waals surface area contributed by atoms with Gasteiger partial charge in [-0.3, -0.25) is 0 Å². The van der Waals surface area contributed by atoms with Crippen LogP contribution in [0, 0.1) is 46.8 Å². The summed E-state index contributed by atoms with van der Waals surface area (Å²) in [7, 11) is -2.43. The van der Waals surface area contributed by atoms with Gasteiger partial charge in [0, 0.05) is 6.61 Å². The van der Waals surface area contributed by atoms with E-state index in [9.17, 15) is 0 Å². The second kappa shape index (κ2) is 6.60. The van der Waals surface area contributed by atoms with E-state index in [0.717, 1.165) is 48.0 Å². The Hall–Kier alpha value is -1.38. The fourth-order valence-electron chi connectivity index (χ4n) is 10.3. The Kier molecular flexibility index (Phi) is 4.13. The topological polar surface area (TPSA) is 9.23 Å². The molecular formula is C30H38OSi. The average molecular weight is 443 g/mol. The van der Waals surface area contributed by atoms with Crippen LogP contribution in [-0.4, -0.2) is 14.9 Å². The van der Waals surface area contributed by atoms with Gasteiger partial charge in [0.2, 0.25) is 0 Å². The van der Waals surface area contributed by atoms with Gasteiger partial charge in [-0.2, -0.15) is 0 Å². The van der Waals surface area contributed by atoms with Gasteiger partial charge < -0.3 is 4.43 Å². The molecule has 8 atom stereocenters. The summed E-state index contributed by atoms with van der Waals surface area (Å²) in [5.74, 6) is 7.28. The normalized spacial score (nSPS) is 41.0. The highest BCUT2D eigenvalue weighted by molar-refractivity contribution is 6.99. The molecule has 0 N–H and O–H groups in total. The maximum Gasteiger partial charge on any atom is 0.261 e. The van der Waals surface area contributed by atoms with Crippen LogP contribution in [0.1, 0.15) is 52.9 Å². The van der Waals surface area contributed by atoms with E-state index in [1.807, 2.05) is 0 Å². The van der Waals surface area contributed by atoms with Crippen molar-refractivity contribution in [2.45, 2.75) is 57.9 Å². The van der Waals surface area contributed by atoms with Crippen LogP contribution in [0.4, 0.5) is 0 Å². The zero-order valence-electron chi connectivity index (χ0n) is 20.0. The number of benzene rings is 2. The van der Waals surface area contributed by atoms with Crippen LogP contribution in [0.15, 0.2) is 60.7 Å². The van der Waals surface area contributed by atoms with Crippen molar-refractivity contribution in [2.24, 2.45) is 46.8 Å². The molecule has 0 radical (unpaired) electrons. The lowest BCUT2D eigenvalue weighted by molar-refractivity contribution is -0.0767. The third-order valence-electron chi connectivity index (χ3n) is 10.9. The second-order valence-electron chi connectivity index (χ2n) is 13.1. The van der Waals surface area contributed by atoms with Crippen LogP contribution in [0.2, 0.25) is 5.04 Å². The van der Waals surface area contributed by atoms with Gasteiger partial charge in [-0.25, -0.2) is 0 Å². The molecule has 0 aliphatic heterocycles. The monoisotopic (exact) mass is 442 g/mol. The Labute approximate surface area is 195 Å². The summed E-state index contributed by atoms with van der Waals surface area (Å²) in [5, 5.41) is 2.96. The van der Waals surface area contributed by atoms with E-state index >= 15 is 0 Å². The molecule has 32 heavy (non-hydrogen) atoms. The van der Waals surface area contributed by atoms with E-state index < -0.39 is 8.32 Å². The quantitative estimate of drug-likeness (QED) is 0.525. The summed E-state index contributed by atoms with van der Waals surface area (Å²) in [5.41, 5.74) is 0.476. The SMILES string of the molecule is CC(C)(C)[Si](OCC12C[C@@H]3C4CC5C[C@@H]3C1[C@H](C5)[C@H]4C2)(c1ccccc1)c1ccccc1. The van der Waals surface area contributed by atoms with Gasteiger partial charge in [0.05, 0.1) is 0 Å². The minimum atomic E-state index is -2.43. The predicted octanol–water partition coefficient (Wildman–Crippen LogP) is 5.88. The molecule has 1 nitrogen and oxygen atoms in total. The number of hydrogen-bond acceptors (Lipinski definition) is 1. The molecule has 6 saturated carbocycles. The molecular weight excluding hydrogens is 404 g/mol. The first-order valence-corrected chi connectivity index (χ1v) is 15.1. The van der Waals surface area contributed by atoms with Gasteiger partial charge in [-0.15, -0.1) is 0 Å². The molecule has 2 heteroatoms. The molecule has 6 fully saturated rings. The van der Waals surface area contributed by atoms with Gasteiger partial charge in [-0.1, -0.05) is 81.4 Å². The van der Waals surface area contributed by atoms with Gasteiger partial charge in [-0.05, 0) is 94.4 Å². The van der Waals surface area contributed by atoms with E-state index in [0.29, 0.717) is 5.41 Å². The zero-order chi connectivity index (χ0) is 21.7. The summed E-state index contributed by atoms with van der Waals surface area (Å²) < 4.78 is 7.58. The standard InChI is InChI=1S/C30H38OSi/c1-29(2,3)32(21-10-6-4-7-11-21,22-12-8-5-9-13-22)31-19-30-17-26-23-14-20-15-24(26)28(30)25(16-20)27(23)18-30/h4-13,20,23-28H,14-19H2,1-3H3/t20?,23?,24-,25+,26+,27-,28?,30?. The Morgan fingerprint density at radius 2 is 1.25 bits per heavy atom. The minimum Gasteiger partial charge on any atom is -0.407 e. The van der Waals surface area contributed by atoms with Crippen LogP contribution in [0.5, 0.6) is 0 Å². The van der Waals surface area contributed by atoms with Crippen LogP contribution in [0.3, 0.4) is 0 Å². The predicted molar refractivity (Wildman–Crippen MR) is 134 cm³/mol. The number of hydrogen-bond donors (Lipinski definition) is 0. The molecule has 0 aromatic heterocycles. The Morgan fingerprint density at radius 1 is 0.750 bits per heavy atom. The molecule has 0 amide bonds. The van der Waals surface area contributed by atoms with E-state index in [-0.39, 0.29) is 5.04 Å². The molecule has 2 aromatic carbocycles. The highest BCUT2D eigenvalue weighted by Crippen LogP contribution is 2.79. The summed E-state index contributed by atoms with van der Waals surface area (Å²) in [6, 6.07) is 22.6. The first-order chi connectivity index (χ1) is 15.4. The van der Waals surface area contributed by atoms with Crippen molar-refractivity contribution in [3.63, 3.8) is 0 Å². The van der Waals surface area contributed by atoms with Crippen molar-refractivity contribution in [3.05, 3.63) is 60.7 Å². The van der Waals surface area contributed by atoms with E-state index in [4.69, 9.17) is 4.43 Å². The Bertz CT molecular complexity index is 945. The zero-order valence-corrected chi connectivity index (χ0v) is 21.0. The fraction of sp³-hybridized carbons (Fsp3) is 0.600. The van der Waals surface area contributed by atoms with Crippen LogP contribution in [0.25, 0.3) is 0 Å². The molecule has 6 aliphatic carbocycles. The smallest absolute Gasteiger partial charge is 0.261 e. The molecule has 2 aromatic rings. The summed E-state index contributed by atoms with van der Waals surface area (Å²) in [6.07, 6.45) is 7.63. The molecule has 6 aliphatic rings. The summed E-state index contributed by atoms with van der Waals surface area (Å²) >= 11 is 0. The van der Waals surface area contributed by atoms with Crippen molar-refractivity contribution >= 4 is 18.7 Å². The molecule has 0 spiro atoms. The van der Waals surface area contributed by atoms with E-state index in [2.05, 4.69) is 81.4 Å². The van der Waals surface area contributed by atoms with Crippen LogP contribution < -0.4 is 10.4 Å². The van der Waals surface area contributed by atoms with Crippen LogP contribution >= 0.6 is 0 Å². The lowest BCUT2D eigenvalue weighted by Crippen LogP contribution is -2.67. The largest absolute Gasteiger partial charge is 0.407 e. The molecule has 4 unspecified atom stereocenters. The highest BCUT2D eigenvalue weighted by Gasteiger charge is 2.73. The van der Waals surface area contributed by atoms with Crippen LogP contribution in [-0.2, 0) is 4.43 Å². The Morgan fingerprint density at radius 3 is 1.75 bits per heavy atom. The maximum absolute atomic E-state index is 7.58. The van der Waals surface area contributed by atoms with Gasteiger partial charge in [0.25, 0.3) is 8.32 Å². The summed E-state index contributed by atoms with van der Waals surface area (Å²) in [4.78, 5) is 0. The highest BCUT2D eigenvalue weighted by atomic mass is 28.4. The third-order valence-corrected chi connectivity index (χ3v) is 15.9. The van der Waals surface area contributed by atoms with Gasteiger partial charge >= 0.3 is 0 Å². The maximum atomic E-state index is 7.58. The minimum absolute atomic E-state index is 0.0828. The number of rotatable bonds is 5. The molecule has 168 valence electrons. The molecule has 0 saturated heterocycles. The fourth-order valence-corrected chi connectivity index (χ4v) is 14.9. The first kappa shape index (κ1) is 20.0. The first-order valence-electron chi connectivity index (χ1n) is 13.2. The summed E-state index contributed by atoms with van der Waals surface area (Å²) in [6.45, 7) is 8.29. The molecule has 8 rings (SSSR count). The van der Waals surface area contributed by atoms with Crippen molar-refractivity contribution in [1.29, 1.82) is 0 Å². The second-order valence-corrected chi connectivity index (χ2v) is 17.4. The van der Waals surface area contributed by atoms with Gasteiger partial charge in [0.1, 0.15) is 0 Å². The Balaban J connectivity index is 1.30. The van der Waals surface area contributed by atoms with Crippen molar-refractivity contribution < 1.29 is 4.43 Å². The van der Waals surface area contributed by atoms with Crippen molar-refractivity contribution in [2.75, 3.05) is 6.61 Å².